The van der Waals surface area contributed by atoms with Gasteiger partial charge in [-0.15, -0.1) is 12.4 Å². The van der Waals surface area contributed by atoms with E-state index < -0.39 is 0 Å². The highest BCUT2D eigenvalue weighted by Crippen LogP contribution is 2.19. The van der Waals surface area contributed by atoms with Gasteiger partial charge in [-0.2, -0.15) is 0 Å². The molecule has 0 aliphatic rings. The van der Waals surface area contributed by atoms with E-state index in [9.17, 15) is 4.79 Å². The minimum atomic E-state index is -0.0275. The lowest BCUT2D eigenvalue weighted by Gasteiger charge is -2.08. The van der Waals surface area contributed by atoms with Crippen molar-refractivity contribution in [2.24, 2.45) is 5.73 Å². The van der Waals surface area contributed by atoms with Gasteiger partial charge in [0.05, 0.1) is 0 Å². The van der Waals surface area contributed by atoms with E-state index in [2.05, 4.69) is 31.0 Å². The van der Waals surface area contributed by atoms with Crippen molar-refractivity contribution >= 4 is 23.3 Å². The molecule has 2 aromatic rings. The van der Waals surface area contributed by atoms with Crippen LogP contribution in [0.15, 0.2) is 29.1 Å². The summed E-state index contributed by atoms with van der Waals surface area (Å²) in [7, 11) is 0. The maximum Gasteiger partial charge on any atom is 0.251 e. The summed E-state index contributed by atoms with van der Waals surface area (Å²) in [4.78, 5) is 14.6. The molecule has 0 saturated carbocycles. The van der Waals surface area contributed by atoms with E-state index in [4.69, 9.17) is 5.73 Å². The second-order valence-electron chi connectivity index (χ2n) is 4.66. The van der Waals surface area contributed by atoms with Gasteiger partial charge >= 0.3 is 0 Å². The molecule has 0 radical (unpaired) electrons. The first-order valence-electron chi connectivity index (χ1n) is 5.97. The van der Waals surface area contributed by atoms with Gasteiger partial charge in [0.25, 0.3) is 5.56 Å². The van der Waals surface area contributed by atoms with Gasteiger partial charge in [-0.25, -0.2) is 0 Å². The zero-order valence-corrected chi connectivity index (χ0v) is 11.5. The minimum absolute atomic E-state index is 0. The molecule has 1 aromatic carbocycles. The molecule has 1 heterocycles. The Morgan fingerprint density at radius 2 is 2.00 bits per heavy atom. The predicted octanol–water partition coefficient (Wildman–Crippen LogP) is 2.57. The van der Waals surface area contributed by atoms with Gasteiger partial charge in [-0.3, -0.25) is 4.79 Å². The van der Waals surface area contributed by atoms with Crippen molar-refractivity contribution in [2.45, 2.75) is 26.2 Å². The Hall–Kier alpha value is -1.32. The summed E-state index contributed by atoms with van der Waals surface area (Å²) >= 11 is 0. The van der Waals surface area contributed by atoms with Crippen LogP contribution >= 0.6 is 12.4 Å². The van der Waals surface area contributed by atoms with Crippen LogP contribution in [0.2, 0.25) is 0 Å². The third-order valence-corrected chi connectivity index (χ3v) is 3.03. The molecular weight excluding hydrogens is 248 g/mol. The second kappa shape index (κ2) is 6.03. The summed E-state index contributed by atoms with van der Waals surface area (Å²) < 4.78 is 0. The van der Waals surface area contributed by atoms with E-state index in [1.807, 2.05) is 12.1 Å². The molecule has 0 amide bonds. The van der Waals surface area contributed by atoms with E-state index in [1.165, 1.54) is 5.56 Å². The van der Waals surface area contributed by atoms with Crippen LogP contribution in [0, 0.1) is 0 Å². The maximum absolute atomic E-state index is 11.7. The van der Waals surface area contributed by atoms with Crippen LogP contribution in [-0.2, 0) is 6.42 Å². The van der Waals surface area contributed by atoms with Gasteiger partial charge in [-0.1, -0.05) is 19.9 Å². The Morgan fingerprint density at radius 3 is 2.61 bits per heavy atom. The first-order valence-corrected chi connectivity index (χ1v) is 5.97. The number of nitrogens with one attached hydrogen (secondary N) is 1. The third kappa shape index (κ3) is 2.92. The van der Waals surface area contributed by atoms with Gasteiger partial charge in [0.2, 0.25) is 0 Å². The average Bonchev–Trinajstić information content (AvgIpc) is 2.29. The number of benzene rings is 1. The first kappa shape index (κ1) is 14.7. The molecule has 98 valence electrons. The number of nitrogens with two attached hydrogens (primary N) is 1. The van der Waals surface area contributed by atoms with Gasteiger partial charge in [0, 0.05) is 11.1 Å². The summed E-state index contributed by atoms with van der Waals surface area (Å²) in [5.74, 6) is 0.490. The maximum atomic E-state index is 11.7. The van der Waals surface area contributed by atoms with E-state index in [1.54, 1.807) is 0 Å². The summed E-state index contributed by atoms with van der Waals surface area (Å²) in [5, 5.41) is 1.08. The predicted molar refractivity (Wildman–Crippen MR) is 78.7 cm³/mol. The van der Waals surface area contributed by atoms with Gasteiger partial charge < -0.3 is 10.7 Å². The standard InChI is InChI=1S/C14H18N2O.ClH/c1-9(2)10-3-4-13-12(7-10)8-11(5-6-15)14(17)16-13;/h3-4,7-9H,5-6,15H2,1-2H3,(H,16,17);1H. The zero-order valence-electron chi connectivity index (χ0n) is 10.7. The van der Waals surface area contributed by atoms with Crippen molar-refractivity contribution in [1.82, 2.24) is 4.98 Å². The number of halogens is 1. The fraction of sp³-hybridized carbons (Fsp3) is 0.357. The van der Waals surface area contributed by atoms with Crippen LogP contribution < -0.4 is 11.3 Å². The van der Waals surface area contributed by atoms with Crippen molar-refractivity contribution in [2.75, 3.05) is 6.54 Å². The third-order valence-electron chi connectivity index (χ3n) is 3.03. The minimum Gasteiger partial charge on any atom is -0.330 e. The topological polar surface area (TPSA) is 58.9 Å². The summed E-state index contributed by atoms with van der Waals surface area (Å²) in [6, 6.07) is 8.12. The molecule has 0 spiro atoms. The van der Waals surface area contributed by atoms with Gasteiger partial charge in [-0.05, 0) is 48.0 Å². The zero-order chi connectivity index (χ0) is 12.4. The molecule has 0 bridgehead atoms. The van der Waals surface area contributed by atoms with Gasteiger partial charge in [0.1, 0.15) is 0 Å². The largest absolute Gasteiger partial charge is 0.330 e. The SMILES string of the molecule is CC(C)c1ccc2[nH]c(=O)c(CCN)cc2c1.Cl. The number of aromatic nitrogens is 1. The quantitative estimate of drug-likeness (QED) is 0.897. The van der Waals surface area contributed by atoms with Crippen molar-refractivity contribution in [1.29, 1.82) is 0 Å². The molecule has 1 aromatic heterocycles. The van der Waals surface area contributed by atoms with Crippen LogP contribution in [-0.4, -0.2) is 11.5 Å². The van der Waals surface area contributed by atoms with Crippen molar-refractivity contribution < 1.29 is 0 Å². The number of hydrogen-bond donors (Lipinski definition) is 2. The Labute approximate surface area is 113 Å². The molecule has 0 unspecified atom stereocenters. The number of aromatic amines is 1. The van der Waals surface area contributed by atoms with Crippen molar-refractivity contribution in [3.63, 3.8) is 0 Å². The summed E-state index contributed by atoms with van der Waals surface area (Å²) in [5.41, 5.74) is 8.41. The Morgan fingerprint density at radius 1 is 1.28 bits per heavy atom. The average molecular weight is 267 g/mol. The Bertz CT molecular complexity index is 590. The molecule has 0 fully saturated rings. The van der Waals surface area contributed by atoms with E-state index in [-0.39, 0.29) is 18.0 Å². The first-order chi connectivity index (χ1) is 8.11. The normalized spacial score (nSPS) is 10.7. The van der Waals surface area contributed by atoms with E-state index >= 15 is 0 Å². The summed E-state index contributed by atoms with van der Waals surface area (Å²) in [6.07, 6.45) is 0.622. The molecule has 0 atom stereocenters. The van der Waals surface area contributed by atoms with Crippen molar-refractivity contribution in [3.8, 4) is 0 Å². The molecule has 18 heavy (non-hydrogen) atoms. The molecule has 2 rings (SSSR count). The highest BCUT2D eigenvalue weighted by molar-refractivity contribution is 5.85. The molecular formula is C14H19ClN2O. The molecule has 3 N–H and O–H groups in total. The molecule has 0 aliphatic carbocycles. The molecule has 0 aliphatic heterocycles. The van der Waals surface area contributed by atoms with Crippen LogP contribution in [0.5, 0.6) is 0 Å². The van der Waals surface area contributed by atoms with E-state index in [0.717, 1.165) is 16.5 Å². The van der Waals surface area contributed by atoms with Crippen LogP contribution in [0.25, 0.3) is 10.9 Å². The fourth-order valence-electron chi connectivity index (χ4n) is 1.97. The second-order valence-corrected chi connectivity index (χ2v) is 4.66. The Kier molecular flexibility index (Phi) is 4.93. The smallest absolute Gasteiger partial charge is 0.251 e. The van der Waals surface area contributed by atoms with Crippen molar-refractivity contribution in [3.05, 3.63) is 45.7 Å². The van der Waals surface area contributed by atoms with E-state index in [0.29, 0.717) is 18.9 Å². The number of pyridine rings is 1. The monoisotopic (exact) mass is 266 g/mol. The number of hydrogen-bond acceptors (Lipinski definition) is 2. The number of H-pyrrole nitrogens is 1. The van der Waals surface area contributed by atoms with Crippen LogP contribution in [0.3, 0.4) is 0 Å². The van der Waals surface area contributed by atoms with Gasteiger partial charge in [0.15, 0.2) is 0 Å². The van der Waals surface area contributed by atoms with Crippen LogP contribution in [0.1, 0.15) is 30.9 Å². The lowest BCUT2D eigenvalue weighted by Crippen LogP contribution is -2.16. The van der Waals surface area contributed by atoms with Crippen LogP contribution in [0.4, 0.5) is 0 Å². The lowest BCUT2D eigenvalue weighted by atomic mass is 10.0. The molecule has 4 heteroatoms. The Balaban J connectivity index is 0.00000162. The molecule has 3 nitrogen and oxygen atoms in total. The lowest BCUT2D eigenvalue weighted by molar-refractivity contribution is 0.868. The number of rotatable bonds is 3. The number of fused-ring (bicyclic) bond motifs is 1. The summed E-state index contributed by atoms with van der Waals surface area (Å²) in [6.45, 7) is 4.82. The molecule has 0 saturated heterocycles. The highest BCUT2D eigenvalue weighted by Gasteiger charge is 2.04. The highest BCUT2D eigenvalue weighted by atomic mass is 35.5. The fourth-order valence-corrected chi connectivity index (χ4v) is 1.97.